The van der Waals surface area contributed by atoms with Crippen LogP contribution < -0.4 is 4.72 Å². The number of carbonyl (C=O) groups is 1. The van der Waals surface area contributed by atoms with Crippen LogP contribution in [0.3, 0.4) is 0 Å². The molecule has 0 atom stereocenters. The Morgan fingerprint density at radius 3 is 2.43 bits per heavy atom. The van der Waals surface area contributed by atoms with Crippen LogP contribution in [0.15, 0.2) is 0 Å². The highest BCUT2D eigenvalue weighted by Crippen LogP contribution is 2.19. The number of unbranched alkanes of at least 4 members (excludes halogenated alkanes) is 3. The Labute approximate surface area is 131 Å². The van der Waals surface area contributed by atoms with Crippen LogP contribution in [0, 0.1) is 5.92 Å². The molecular formula is C13H26N2O4S2. The van der Waals surface area contributed by atoms with Gasteiger partial charge in [-0.1, -0.05) is 12.8 Å². The molecule has 0 radical (unpaired) electrons. The molecule has 0 amide bonds. The van der Waals surface area contributed by atoms with Gasteiger partial charge in [-0.3, -0.25) is 4.79 Å². The lowest BCUT2D eigenvalue weighted by Gasteiger charge is -2.29. The number of carboxylic acids is 1. The molecule has 0 bridgehead atoms. The summed E-state index contributed by atoms with van der Waals surface area (Å²) in [6.45, 7) is 1.04. The van der Waals surface area contributed by atoms with Crippen molar-refractivity contribution in [3.05, 3.63) is 0 Å². The summed E-state index contributed by atoms with van der Waals surface area (Å²) in [5.74, 6) is -0.0808. The fraction of sp³-hybridized carbons (Fsp3) is 0.923. The van der Waals surface area contributed by atoms with Crippen molar-refractivity contribution in [3.8, 4) is 0 Å². The third kappa shape index (κ3) is 6.99. The van der Waals surface area contributed by atoms with Gasteiger partial charge in [0, 0.05) is 19.6 Å². The van der Waals surface area contributed by atoms with Crippen molar-refractivity contribution in [3.63, 3.8) is 0 Å². The molecule has 0 unspecified atom stereocenters. The minimum Gasteiger partial charge on any atom is -0.481 e. The van der Waals surface area contributed by atoms with E-state index in [0.29, 0.717) is 32.5 Å². The third-order valence-corrected chi connectivity index (χ3v) is 6.01. The topological polar surface area (TPSA) is 86.7 Å². The monoisotopic (exact) mass is 338 g/mol. The van der Waals surface area contributed by atoms with Crippen molar-refractivity contribution in [1.29, 1.82) is 0 Å². The second kappa shape index (κ2) is 9.66. The second-order valence-corrected chi connectivity index (χ2v) is 8.06. The zero-order valence-electron chi connectivity index (χ0n) is 12.6. The normalized spacial score (nSPS) is 18.0. The fourth-order valence-electron chi connectivity index (χ4n) is 2.36. The summed E-state index contributed by atoms with van der Waals surface area (Å²) in [7, 11) is -3.44. The predicted molar refractivity (Wildman–Crippen MR) is 85.7 cm³/mol. The number of thioether (sulfide) groups is 1. The van der Waals surface area contributed by atoms with Gasteiger partial charge in [0.25, 0.3) is 10.2 Å². The first-order chi connectivity index (χ1) is 9.97. The van der Waals surface area contributed by atoms with Crippen molar-refractivity contribution in [1.82, 2.24) is 9.03 Å². The largest absolute Gasteiger partial charge is 0.481 e. The number of rotatable bonds is 10. The Morgan fingerprint density at radius 1 is 1.24 bits per heavy atom. The van der Waals surface area contributed by atoms with E-state index in [1.54, 1.807) is 0 Å². The van der Waals surface area contributed by atoms with Crippen LogP contribution in [-0.2, 0) is 15.0 Å². The first kappa shape index (κ1) is 18.7. The molecule has 1 rings (SSSR count). The average Bonchev–Trinajstić information content (AvgIpc) is 2.46. The van der Waals surface area contributed by atoms with E-state index in [9.17, 15) is 13.2 Å². The van der Waals surface area contributed by atoms with E-state index in [-0.39, 0.29) is 0 Å². The molecule has 6 nitrogen and oxygen atoms in total. The average molecular weight is 338 g/mol. The standard InChI is InChI=1S/C13H26N2O4S2/c1-20-11-5-3-2-4-8-14-21(18,19)15-9-6-12(7-10-15)13(16)17/h12,14H,2-11H2,1H3,(H,16,17). The smallest absolute Gasteiger partial charge is 0.306 e. The van der Waals surface area contributed by atoms with Crippen molar-refractivity contribution in [2.45, 2.75) is 38.5 Å². The highest BCUT2D eigenvalue weighted by Gasteiger charge is 2.30. The molecule has 0 aliphatic carbocycles. The van der Waals surface area contributed by atoms with E-state index < -0.39 is 22.1 Å². The molecule has 1 aliphatic heterocycles. The van der Waals surface area contributed by atoms with Crippen LogP contribution in [0.1, 0.15) is 38.5 Å². The van der Waals surface area contributed by atoms with Gasteiger partial charge in [0.05, 0.1) is 5.92 Å². The van der Waals surface area contributed by atoms with Crippen LogP contribution in [0.25, 0.3) is 0 Å². The van der Waals surface area contributed by atoms with E-state index >= 15 is 0 Å². The maximum Gasteiger partial charge on any atom is 0.306 e. The molecule has 0 aromatic carbocycles. The fourth-order valence-corrected chi connectivity index (χ4v) is 4.13. The van der Waals surface area contributed by atoms with E-state index in [1.165, 1.54) is 10.7 Å². The van der Waals surface area contributed by atoms with Gasteiger partial charge in [-0.2, -0.15) is 24.5 Å². The molecule has 0 saturated carbocycles. The quantitative estimate of drug-likeness (QED) is 0.590. The predicted octanol–water partition coefficient (Wildman–Crippen LogP) is 1.54. The van der Waals surface area contributed by atoms with Crippen molar-refractivity contribution < 1.29 is 18.3 Å². The van der Waals surface area contributed by atoms with Gasteiger partial charge in [-0.15, -0.1) is 0 Å². The maximum absolute atomic E-state index is 12.1. The maximum atomic E-state index is 12.1. The van der Waals surface area contributed by atoms with E-state index in [0.717, 1.165) is 25.0 Å². The van der Waals surface area contributed by atoms with Gasteiger partial charge in [-0.05, 0) is 37.7 Å². The van der Waals surface area contributed by atoms with Crippen molar-refractivity contribution >= 4 is 27.9 Å². The molecule has 0 aromatic rings. The number of hydrogen-bond donors (Lipinski definition) is 2. The van der Waals surface area contributed by atoms with Crippen LogP contribution in [0.2, 0.25) is 0 Å². The number of aliphatic carboxylic acids is 1. The summed E-state index contributed by atoms with van der Waals surface area (Å²) in [5, 5.41) is 8.90. The summed E-state index contributed by atoms with van der Waals surface area (Å²) < 4.78 is 28.1. The zero-order chi connectivity index (χ0) is 15.7. The van der Waals surface area contributed by atoms with Crippen LogP contribution >= 0.6 is 11.8 Å². The molecular weight excluding hydrogens is 312 g/mol. The molecule has 21 heavy (non-hydrogen) atoms. The van der Waals surface area contributed by atoms with Crippen LogP contribution in [-0.4, -0.2) is 55.4 Å². The van der Waals surface area contributed by atoms with E-state index in [2.05, 4.69) is 11.0 Å². The number of piperidine rings is 1. The van der Waals surface area contributed by atoms with E-state index in [4.69, 9.17) is 5.11 Å². The third-order valence-electron chi connectivity index (χ3n) is 3.70. The second-order valence-electron chi connectivity index (χ2n) is 5.32. The van der Waals surface area contributed by atoms with Gasteiger partial charge in [0.2, 0.25) is 0 Å². The van der Waals surface area contributed by atoms with Gasteiger partial charge < -0.3 is 5.11 Å². The Hall–Kier alpha value is -0.310. The summed E-state index contributed by atoms with van der Waals surface area (Å²) in [6, 6.07) is 0. The minimum atomic E-state index is -3.44. The highest BCUT2D eigenvalue weighted by atomic mass is 32.2. The molecule has 0 aromatic heterocycles. The molecule has 1 heterocycles. The molecule has 1 aliphatic rings. The Morgan fingerprint density at radius 2 is 1.86 bits per heavy atom. The lowest BCUT2D eigenvalue weighted by atomic mass is 9.99. The first-order valence-electron chi connectivity index (χ1n) is 7.44. The number of hydrogen-bond acceptors (Lipinski definition) is 4. The van der Waals surface area contributed by atoms with Crippen molar-refractivity contribution in [2.24, 2.45) is 5.92 Å². The van der Waals surface area contributed by atoms with Crippen LogP contribution in [0.4, 0.5) is 0 Å². The molecule has 1 fully saturated rings. The summed E-state index contributed by atoms with van der Waals surface area (Å²) in [5.41, 5.74) is 0. The molecule has 1 saturated heterocycles. The number of nitrogens with one attached hydrogen (secondary N) is 1. The van der Waals surface area contributed by atoms with Gasteiger partial charge >= 0.3 is 5.97 Å². The SMILES string of the molecule is CSCCCCCCNS(=O)(=O)N1CCC(C(=O)O)CC1. The Kier molecular flexibility index (Phi) is 8.62. The zero-order valence-corrected chi connectivity index (χ0v) is 14.2. The summed E-state index contributed by atoms with van der Waals surface area (Å²) in [4.78, 5) is 10.8. The highest BCUT2D eigenvalue weighted by molar-refractivity contribution is 7.98. The van der Waals surface area contributed by atoms with E-state index in [1.807, 2.05) is 11.8 Å². The molecule has 8 heteroatoms. The molecule has 124 valence electrons. The first-order valence-corrected chi connectivity index (χ1v) is 10.3. The van der Waals surface area contributed by atoms with Gasteiger partial charge in [-0.25, -0.2) is 4.72 Å². The Bertz CT molecular complexity index is 406. The summed E-state index contributed by atoms with van der Waals surface area (Å²) >= 11 is 1.83. The number of carboxylic acid groups (broad SMARTS) is 1. The van der Waals surface area contributed by atoms with Gasteiger partial charge in [0.15, 0.2) is 0 Å². The van der Waals surface area contributed by atoms with Gasteiger partial charge in [0.1, 0.15) is 0 Å². The molecule has 2 N–H and O–H groups in total. The number of nitrogens with zero attached hydrogens (tertiary/aromatic N) is 1. The lowest BCUT2D eigenvalue weighted by molar-refractivity contribution is -0.142. The van der Waals surface area contributed by atoms with Crippen LogP contribution in [0.5, 0.6) is 0 Å². The minimum absolute atomic E-state index is 0.292. The Balaban J connectivity index is 2.20. The summed E-state index contributed by atoms with van der Waals surface area (Å²) in [6.07, 6.45) is 7.06. The lowest BCUT2D eigenvalue weighted by Crippen LogP contribution is -2.46. The van der Waals surface area contributed by atoms with Crippen molar-refractivity contribution in [2.75, 3.05) is 31.6 Å². The molecule has 0 spiro atoms.